The van der Waals surface area contributed by atoms with E-state index in [9.17, 15) is 14.4 Å². The van der Waals surface area contributed by atoms with E-state index >= 15 is 0 Å². The van der Waals surface area contributed by atoms with Gasteiger partial charge in [-0.05, 0) is 206 Å². The Bertz CT molecular complexity index is 1830. The van der Waals surface area contributed by atoms with E-state index < -0.39 is 11.0 Å². The monoisotopic (exact) mass is 1310 g/mol. The van der Waals surface area contributed by atoms with Gasteiger partial charge in [0.25, 0.3) is 0 Å². The van der Waals surface area contributed by atoms with E-state index in [-0.39, 0.29) is 39.6 Å². The summed E-state index contributed by atoms with van der Waals surface area (Å²) in [5.41, 5.74) is 6.47. The van der Waals surface area contributed by atoms with Gasteiger partial charge in [0.05, 0.1) is 57.1 Å². The molecule has 3 saturated heterocycles. The highest BCUT2D eigenvalue weighted by molar-refractivity contribution is 5.79. The van der Waals surface area contributed by atoms with Gasteiger partial charge in [0.15, 0.2) is 0 Å². The maximum Gasteiger partial charge on any atom is 0.325 e. The van der Waals surface area contributed by atoms with Gasteiger partial charge in [0, 0.05) is 58.4 Å². The van der Waals surface area contributed by atoms with Crippen LogP contribution in [0.15, 0.2) is 0 Å². The van der Waals surface area contributed by atoms with Crippen LogP contribution in [0.2, 0.25) is 0 Å². The molecule has 92 heavy (non-hydrogen) atoms. The van der Waals surface area contributed by atoms with Gasteiger partial charge in [-0.2, -0.15) is 0 Å². The molecule has 0 bridgehead atoms. The second-order valence-corrected chi connectivity index (χ2v) is 37.7. The van der Waals surface area contributed by atoms with Crippen molar-refractivity contribution in [3.63, 3.8) is 0 Å². The molecule has 0 aromatic heterocycles. The van der Waals surface area contributed by atoms with E-state index in [2.05, 4.69) is 224 Å². The molecule has 0 amide bonds. The highest BCUT2D eigenvalue weighted by Gasteiger charge is 2.32. The first-order valence-electron chi connectivity index (χ1n) is 35.9. The number of rotatable bonds is 22. The molecule has 15 heteroatoms. The van der Waals surface area contributed by atoms with E-state index in [1.54, 1.807) is 13.8 Å². The Morgan fingerprint density at radius 2 is 0.707 bits per heavy atom. The molecule has 3 rings (SSSR count). The Balaban J connectivity index is -0.000000507. The van der Waals surface area contributed by atoms with Crippen LogP contribution >= 0.6 is 0 Å². The van der Waals surface area contributed by atoms with Crippen molar-refractivity contribution in [3.8, 4) is 0 Å². The average Bonchev–Trinajstić information content (AvgIpc) is 1.34. The summed E-state index contributed by atoms with van der Waals surface area (Å²) in [4.78, 5) is 49.7. The molecule has 0 aromatic rings. The number of likely N-dealkylation sites (N-methyl/N-ethyl adjacent to an activating group) is 1. The Labute approximate surface area is 573 Å². The van der Waals surface area contributed by atoms with E-state index in [0.717, 1.165) is 124 Å². The van der Waals surface area contributed by atoms with Crippen molar-refractivity contribution in [2.24, 2.45) is 54.5 Å². The molecule has 3 aliphatic heterocycles. The van der Waals surface area contributed by atoms with Crippen molar-refractivity contribution in [3.05, 3.63) is 0 Å². The second-order valence-electron chi connectivity index (χ2n) is 37.7. The molecule has 0 spiro atoms. The lowest BCUT2D eigenvalue weighted by Crippen LogP contribution is -2.45. The minimum absolute atomic E-state index is 0.0547. The van der Waals surface area contributed by atoms with Gasteiger partial charge in [0.2, 0.25) is 0 Å². The smallest absolute Gasteiger partial charge is 0.325 e. The highest BCUT2D eigenvalue weighted by Crippen LogP contribution is 2.28. The fourth-order valence-corrected chi connectivity index (χ4v) is 8.60. The molecular weight excluding hydrogens is 1150 g/mol. The number of hydrogen-bond acceptors (Lipinski definition) is 15. The molecule has 3 heterocycles. The van der Waals surface area contributed by atoms with Gasteiger partial charge in [0.1, 0.15) is 5.54 Å². The largest absolute Gasteiger partial charge is 0.465 e. The fourth-order valence-electron chi connectivity index (χ4n) is 8.60. The minimum atomic E-state index is -0.877. The highest BCUT2D eigenvalue weighted by atomic mass is 16.5. The Hall–Kier alpha value is -1.95. The third-order valence-corrected chi connectivity index (χ3v) is 16.1. The summed E-state index contributed by atoms with van der Waals surface area (Å²) >= 11 is 0. The number of piperazine rings is 1. The van der Waals surface area contributed by atoms with Crippen LogP contribution in [0, 0.1) is 48.7 Å². The molecule has 1 unspecified atom stereocenters. The lowest BCUT2D eigenvalue weighted by atomic mass is 9.88. The second kappa shape index (κ2) is 46.3. The van der Waals surface area contributed by atoms with Gasteiger partial charge in [-0.15, -0.1) is 0 Å². The zero-order valence-corrected chi connectivity index (χ0v) is 68.1. The van der Waals surface area contributed by atoms with Crippen LogP contribution in [-0.2, 0) is 38.1 Å². The minimum Gasteiger partial charge on any atom is -0.465 e. The first-order valence-corrected chi connectivity index (χ1v) is 35.9. The van der Waals surface area contributed by atoms with Crippen LogP contribution < -0.4 is 5.73 Å². The fraction of sp³-hybridized carbons (Fsp3) is 0.961. The molecule has 0 radical (unpaired) electrons. The van der Waals surface area contributed by atoms with Gasteiger partial charge >= 0.3 is 17.9 Å². The van der Waals surface area contributed by atoms with Crippen molar-refractivity contribution < 1.29 is 38.1 Å². The summed E-state index contributed by atoms with van der Waals surface area (Å²) in [5, 5.41) is 0. The predicted octanol–water partition coefficient (Wildman–Crippen LogP) is 16.0. The molecular formula is C77H163N7O8. The molecule has 15 nitrogen and oxygen atoms in total. The quantitative estimate of drug-likeness (QED) is 0.0811. The SMILES string of the molecule is CC(C)(C)CCN1CCOCC1.CC(C)(C)CCOC(=O)C(C)(C)CCN1CCOCC1.CC(C)(C)CCOC(=O)C(C)(C)N.CC(CC(C)(C)C)N(C)C.CCCC(C)(C)C.CN(C)CCC(C)(C)C.CN1CCN(CCC(C)(C)C(=O)OCCC(C)(C)C)CC1. The van der Waals surface area contributed by atoms with E-state index in [0.29, 0.717) is 47.5 Å². The predicted molar refractivity (Wildman–Crippen MR) is 397 cm³/mol. The van der Waals surface area contributed by atoms with Crippen molar-refractivity contribution in [1.29, 1.82) is 0 Å². The van der Waals surface area contributed by atoms with Crippen molar-refractivity contribution in [2.45, 2.75) is 277 Å². The number of carbonyl (C=O) groups is 3. The van der Waals surface area contributed by atoms with E-state index in [1.165, 1.54) is 45.2 Å². The van der Waals surface area contributed by atoms with Crippen LogP contribution in [0.5, 0.6) is 0 Å². The number of nitrogens with two attached hydrogens (primary N) is 1. The van der Waals surface area contributed by atoms with Gasteiger partial charge in [-0.1, -0.05) is 159 Å². The number of ether oxygens (including phenoxy) is 5. The van der Waals surface area contributed by atoms with Crippen LogP contribution in [0.1, 0.15) is 265 Å². The molecule has 0 aromatic carbocycles. The first-order chi connectivity index (χ1) is 41.3. The van der Waals surface area contributed by atoms with Gasteiger partial charge in [-0.25, -0.2) is 0 Å². The van der Waals surface area contributed by atoms with Gasteiger partial charge in [-0.3, -0.25) is 24.2 Å². The number of carbonyl (C=O) groups excluding carboxylic acids is 3. The first kappa shape index (κ1) is 96.4. The normalized spacial score (nSPS) is 16.7. The summed E-state index contributed by atoms with van der Waals surface area (Å²) < 4.78 is 26.6. The molecule has 1 atom stereocenters. The zero-order chi connectivity index (χ0) is 72.8. The van der Waals surface area contributed by atoms with Gasteiger partial charge < -0.3 is 49.0 Å². The maximum absolute atomic E-state index is 12.2. The topological polar surface area (TPSA) is 143 Å². The van der Waals surface area contributed by atoms with Crippen LogP contribution in [-0.4, -0.2) is 219 Å². The molecule has 2 N–H and O–H groups in total. The number of morpholine rings is 2. The summed E-state index contributed by atoms with van der Waals surface area (Å²) in [7, 11) is 10.7. The molecule has 554 valence electrons. The summed E-state index contributed by atoms with van der Waals surface area (Å²) in [5.74, 6) is -0.465. The van der Waals surface area contributed by atoms with Crippen LogP contribution in [0.3, 0.4) is 0 Å². The summed E-state index contributed by atoms with van der Waals surface area (Å²) in [6, 6.07) is 0.694. The van der Waals surface area contributed by atoms with E-state index in [1.807, 2.05) is 27.7 Å². The van der Waals surface area contributed by atoms with Crippen LogP contribution in [0.25, 0.3) is 0 Å². The number of nitrogens with zero attached hydrogens (tertiary/aromatic N) is 6. The molecule has 0 aliphatic carbocycles. The lowest BCUT2D eigenvalue weighted by Gasteiger charge is -2.34. The average molecular weight is 1320 g/mol. The summed E-state index contributed by atoms with van der Waals surface area (Å²) in [6.45, 7) is 80.3. The number of esters is 3. The lowest BCUT2D eigenvalue weighted by molar-refractivity contribution is -0.156. The van der Waals surface area contributed by atoms with E-state index in [4.69, 9.17) is 29.4 Å². The Kier molecular flexibility index (Phi) is 48.6. The molecule has 3 aliphatic rings. The zero-order valence-electron chi connectivity index (χ0n) is 68.1. The Morgan fingerprint density at radius 3 is 0.935 bits per heavy atom. The third-order valence-electron chi connectivity index (χ3n) is 16.1. The maximum atomic E-state index is 12.2. The third kappa shape index (κ3) is 66.7. The number of hydrogen-bond donors (Lipinski definition) is 1. The molecule has 3 fully saturated rings. The van der Waals surface area contributed by atoms with Crippen molar-refractivity contribution >= 4 is 17.9 Å². The van der Waals surface area contributed by atoms with Crippen molar-refractivity contribution in [1.82, 2.24) is 29.4 Å². The Morgan fingerprint density at radius 1 is 0.413 bits per heavy atom. The van der Waals surface area contributed by atoms with Crippen molar-refractivity contribution in [2.75, 3.05) is 160 Å². The standard InChI is InChI=1S/C17H34N2O2.C16H31NO3.C10H21NO2.C10H21NO.C9H21N.C8H19N.C7H16/c1-16(2,3)8-14-21-15(20)17(4,5)7-9-19-12-10-18(6)11-13-19;1-15(2,3)7-11-20-14(18)16(4,5)6-8-17-9-12-19-13-10-17;1-9(2,3)6-7-13-8(12)10(4,5)11;1-10(2,3)4-5-11-6-8-12-9-7-11;1-8(10(5)6)7-9(2,3)4;1-8(2,3)6-7-9(4)5;1-5-6-7(2,3)4/h7-14H2,1-6H3;6-13H2,1-5H3;6-7,11H2,1-5H3;4-9H2,1-3H3;8H,7H2,1-6H3;6-7H2,1-5H3;5-6H2,1-4H3. The summed E-state index contributed by atoms with van der Waals surface area (Å²) in [6.07, 6.45) is 10.8. The molecule has 0 saturated carbocycles. The van der Waals surface area contributed by atoms with Crippen LogP contribution in [0.4, 0.5) is 0 Å².